The monoisotopic (exact) mass is 507 g/mol. The fraction of sp³-hybridized carbons (Fsp3) is 0.520. The summed E-state index contributed by atoms with van der Waals surface area (Å²) in [5, 5.41) is 8.58. The lowest BCUT2D eigenvalue weighted by atomic mass is 9.81. The van der Waals surface area contributed by atoms with Crippen LogP contribution in [0.25, 0.3) is 0 Å². The van der Waals surface area contributed by atoms with Gasteiger partial charge in [-0.3, -0.25) is 9.59 Å². The normalized spacial score (nSPS) is 18.0. The molecule has 0 saturated heterocycles. The number of ether oxygens (including phenoxy) is 1. The SMILES string of the molecule is COc1cc(C(=O)NC(C)C)ccc1Nc1ncc(C(F)(F)F)c(C[C@@H]2CCCC[C@H]2NC(C)=O)n1. The number of methoxy groups -OCH3 is 1. The Kier molecular flexibility index (Phi) is 8.75. The fourth-order valence-electron chi connectivity index (χ4n) is 4.42. The summed E-state index contributed by atoms with van der Waals surface area (Å²) in [6.45, 7) is 5.09. The number of benzene rings is 1. The van der Waals surface area contributed by atoms with Crippen molar-refractivity contribution < 1.29 is 27.5 Å². The number of nitrogens with zero attached hydrogens (tertiary/aromatic N) is 2. The van der Waals surface area contributed by atoms with Gasteiger partial charge < -0.3 is 20.7 Å². The Bertz CT molecular complexity index is 1090. The van der Waals surface area contributed by atoms with Crippen molar-refractivity contribution in [3.8, 4) is 5.75 Å². The first kappa shape index (κ1) is 27.2. The van der Waals surface area contributed by atoms with Crippen LogP contribution in [-0.2, 0) is 17.4 Å². The zero-order chi connectivity index (χ0) is 26.5. The van der Waals surface area contributed by atoms with E-state index in [4.69, 9.17) is 4.74 Å². The molecule has 0 aliphatic heterocycles. The summed E-state index contributed by atoms with van der Waals surface area (Å²) in [5.41, 5.74) is -0.249. The standard InChI is InChI=1S/C25H32F3N5O3/c1-14(2)30-23(35)17-9-10-20(22(12-17)36-4)32-24-29-13-18(25(26,27)28)21(33-24)11-16-7-5-6-8-19(16)31-15(3)34/h9-10,12-14,16,19H,5-8,11H2,1-4H3,(H,30,35)(H,31,34)(H,29,32,33)/t16-,19+/m0/s1. The molecule has 1 aliphatic rings. The molecule has 1 aromatic heterocycles. The number of amides is 2. The zero-order valence-corrected chi connectivity index (χ0v) is 20.8. The van der Waals surface area contributed by atoms with Crippen LogP contribution in [0.15, 0.2) is 24.4 Å². The van der Waals surface area contributed by atoms with Crippen LogP contribution in [-0.4, -0.2) is 41.0 Å². The minimum Gasteiger partial charge on any atom is -0.495 e. The van der Waals surface area contributed by atoms with Gasteiger partial charge in [-0.2, -0.15) is 13.2 Å². The van der Waals surface area contributed by atoms with E-state index in [0.717, 1.165) is 25.5 Å². The van der Waals surface area contributed by atoms with Crippen molar-refractivity contribution in [2.75, 3.05) is 12.4 Å². The van der Waals surface area contributed by atoms with Gasteiger partial charge in [-0.25, -0.2) is 9.97 Å². The van der Waals surface area contributed by atoms with Crippen molar-refractivity contribution in [3.63, 3.8) is 0 Å². The lowest BCUT2D eigenvalue weighted by Crippen LogP contribution is -2.42. The summed E-state index contributed by atoms with van der Waals surface area (Å²) < 4.78 is 46.7. The first-order valence-electron chi connectivity index (χ1n) is 11.9. The second kappa shape index (κ2) is 11.6. The van der Waals surface area contributed by atoms with Crippen molar-refractivity contribution in [1.29, 1.82) is 0 Å². The molecule has 2 atom stereocenters. The molecule has 8 nitrogen and oxygen atoms in total. The van der Waals surface area contributed by atoms with Gasteiger partial charge in [0.1, 0.15) is 5.75 Å². The Morgan fingerprint density at radius 2 is 1.92 bits per heavy atom. The van der Waals surface area contributed by atoms with Crippen LogP contribution in [0.2, 0.25) is 0 Å². The lowest BCUT2D eigenvalue weighted by Gasteiger charge is -2.32. The van der Waals surface area contributed by atoms with Gasteiger partial charge in [0.15, 0.2) is 0 Å². The number of anilines is 2. The van der Waals surface area contributed by atoms with Crippen molar-refractivity contribution >= 4 is 23.5 Å². The maximum absolute atomic E-state index is 13.8. The van der Waals surface area contributed by atoms with E-state index in [0.29, 0.717) is 23.4 Å². The van der Waals surface area contributed by atoms with Gasteiger partial charge in [0, 0.05) is 30.8 Å². The molecule has 3 rings (SSSR count). The highest BCUT2D eigenvalue weighted by Gasteiger charge is 2.37. The van der Waals surface area contributed by atoms with Gasteiger partial charge in [-0.1, -0.05) is 12.8 Å². The summed E-state index contributed by atoms with van der Waals surface area (Å²) in [6.07, 6.45) is -0.574. The largest absolute Gasteiger partial charge is 0.495 e. The first-order valence-corrected chi connectivity index (χ1v) is 11.9. The van der Waals surface area contributed by atoms with Crippen LogP contribution >= 0.6 is 0 Å². The predicted molar refractivity (Wildman–Crippen MR) is 129 cm³/mol. The van der Waals surface area contributed by atoms with Crippen molar-refractivity contribution in [2.45, 2.75) is 71.1 Å². The highest BCUT2D eigenvalue weighted by Crippen LogP contribution is 2.36. The highest BCUT2D eigenvalue weighted by atomic mass is 19.4. The first-order chi connectivity index (χ1) is 17.0. The number of nitrogens with one attached hydrogen (secondary N) is 3. The van der Waals surface area contributed by atoms with E-state index >= 15 is 0 Å². The average Bonchev–Trinajstić information content (AvgIpc) is 2.79. The third-order valence-electron chi connectivity index (χ3n) is 6.06. The van der Waals surface area contributed by atoms with Gasteiger partial charge in [-0.05, 0) is 57.2 Å². The van der Waals surface area contributed by atoms with Gasteiger partial charge in [-0.15, -0.1) is 0 Å². The van der Waals surface area contributed by atoms with Gasteiger partial charge in [0.2, 0.25) is 11.9 Å². The van der Waals surface area contributed by atoms with E-state index in [-0.39, 0.29) is 47.9 Å². The fourth-order valence-corrected chi connectivity index (χ4v) is 4.42. The molecule has 2 amide bonds. The summed E-state index contributed by atoms with van der Waals surface area (Å²) in [4.78, 5) is 32.0. The van der Waals surface area contributed by atoms with Crippen molar-refractivity contribution in [2.24, 2.45) is 5.92 Å². The van der Waals surface area contributed by atoms with Crippen LogP contribution < -0.4 is 20.7 Å². The summed E-state index contributed by atoms with van der Waals surface area (Å²) in [6, 6.07) is 4.45. The quantitative estimate of drug-likeness (QED) is 0.482. The van der Waals surface area contributed by atoms with Crippen molar-refractivity contribution in [3.05, 3.63) is 41.2 Å². The third kappa shape index (κ3) is 7.08. The van der Waals surface area contributed by atoms with E-state index in [2.05, 4.69) is 25.9 Å². The van der Waals surface area contributed by atoms with E-state index < -0.39 is 11.7 Å². The Balaban J connectivity index is 1.89. The second-order valence-electron chi connectivity index (χ2n) is 9.28. The molecule has 196 valence electrons. The summed E-state index contributed by atoms with van der Waals surface area (Å²) in [5.74, 6) is -0.355. The number of hydrogen-bond donors (Lipinski definition) is 3. The van der Waals surface area contributed by atoms with Gasteiger partial charge >= 0.3 is 6.18 Å². The lowest BCUT2D eigenvalue weighted by molar-refractivity contribution is -0.139. The molecule has 1 aliphatic carbocycles. The predicted octanol–water partition coefficient (Wildman–Crippen LogP) is 4.62. The maximum atomic E-state index is 13.8. The number of aromatic nitrogens is 2. The van der Waals surface area contributed by atoms with Crippen molar-refractivity contribution in [1.82, 2.24) is 20.6 Å². The number of halogens is 3. The molecule has 0 bridgehead atoms. The summed E-state index contributed by atoms with van der Waals surface area (Å²) >= 11 is 0. The smallest absolute Gasteiger partial charge is 0.419 e. The van der Waals surface area contributed by atoms with Crippen LogP contribution in [0, 0.1) is 5.92 Å². The van der Waals surface area contributed by atoms with Crippen LogP contribution in [0.3, 0.4) is 0 Å². The zero-order valence-electron chi connectivity index (χ0n) is 20.8. The average molecular weight is 508 g/mol. The Labute approximate surface area is 208 Å². The summed E-state index contributed by atoms with van der Waals surface area (Å²) in [7, 11) is 1.43. The van der Waals surface area contributed by atoms with Gasteiger partial charge in [0.05, 0.1) is 24.1 Å². The number of carbonyl (C=O) groups is 2. The second-order valence-corrected chi connectivity index (χ2v) is 9.28. The molecule has 0 unspecified atom stereocenters. The molecule has 1 saturated carbocycles. The van der Waals surface area contributed by atoms with E-state index in [1.54, 1.807) is 12.1 Å². The Hall–Kier alpha value is -3.37. The molecule has 3 N–H and O–H groups in total. The Morgan fingerprint density at radius 1 is 1.19 bits per heavy atom. The molecular formula is C25H32F3N5O3. The minimum absolute atomic E-state index is 0.0254. The molecule has 0 radical (unpaired) electrons. The molecule has 1 heterocycles. The topological polar surface area (TPSA) is 105 Å². The molecule has 2 aromatic rings. The third-order valence-corrected chi connectivity index (χ3v) is 6.06. The number of hydrogen-bond acceptors (Lipinski definition) is 6. The number of carbonyl (C=O) groups excluding carboxylic acids is 2. The van der Waals surface area contributed by atoms with E-state index in [9.17, 15) is 22.8 Å². The number of alkyl halides is 3. The van der Waals surface area contributed by atoms with Gasteiger partial charge in [0.25, 0.3) is 5.91 Å². The van der Waals surface area contributed by atoms with E-state index in [1.165, 1.54) is 20.1 Å². The highest BCUT2D eigenvalue weighted by molar-refractivity contribution is 5.95. The molecule has 36 heavy (non-hydrogen) atoms. The number of rotatable bonds is 8. The maximum Gasteiger partial charge on any atom is 0.419 e. The Morgan fingerprint density at radius 3 is 2.56 bits per heavy atom. The van der Waals surface area contributed by atoms with Crippen LogP contribution in [0.4, 0.5) is 24.8 Å². The molecular weight excluding hydrogens is 475 g/mol. The van der Waals surface area contributed by atoms with E-state index in [1.807, 2.05) is 13.8 Å². The molecule has 1 fully saturated rings. The minimum atomic E-state index is -4.62. The molecule has 11 heteroatoms. The van der Waals surface area contributed by atoms with Crippen LogP contribution in [0.5, 0.6) is 5.75 Å². The molecule has 1 aromatic carbocycles. The van der Waals surface area contributed by atoms with Crippen LogP contribution in [0.1, 0.15) is 68.1 Å². The molecule has 0 spiro atoms.